The van der Waals surface area contributed by atoms with Gasteiger partial charge in [-0.3, -0.25) is 0 Å². The van der Waals surface area contributed by atoms with Gasteiger partial charge in [-0.15, -0.1) is 0 Å². The first-order valence-corrected chi connectivity index (χ1v) is 7.14. The van der Waals surface area contributed by atoms with Crippen molar-refractivity contribution in [3.63, 3.8) is 0 Å². The molecule has 1 N–H and O–H groups in total. The fourth-order valence-corrected chi connectivity index (χ4v) is 4.93. The molecule has 2 atom stereocenters. The van der Waals surface area contributed by atoms with E-state index in [9.17, 15) is 9.90 Å². The number of amides is 1. The van der Waals surface area contributed by atoms with Gasteiger partial charge in [0.2, 0.25) is 0 Å². The minimum atomic E-state index is -0.428. The van der Waals surface area contributed by atoms with E-state index in [0.29, 0.717) is 24.4 Å². The molecule has 0 radical (unpaired) electrons. The maximum Gasteiger partial charge on any atom is 0.409 e. The predicted octanol–water partition coefficient (Wildman–Crippen LogP) is 2.01. The van der Waals surface area contributed by atoms with Crippen molar-refractivity contribution in [3.8, 4) is 0 Å². The van der Waals surface area contributed by atoms with Crippen LogP contribution in [0.4, 0.5) is 4.79 Å². The molecule has 4 nitrogen and oxygen atoms in total. The number of hydrogen-bond donors (Lipinski definition) is 1. The molecular formula is C14H23NO3. The van der Waals surface area contributed by atoms with Crippen molar-refractivity contribution in [1.82, 2.24) is 4.90 Å². The van der Waals surface area contributed by atoms with E-state index in [-0.39, 0.29) is 12.1 Å². The van der Waals surface area contributed by atoms with Crippen LogP contribution < -0.4 is 0 Å². The summed E-state index contributed by atoms with van der Waals surface area (Å²) >= 11 is 0. The Hall–Kier alpha value is -0.770. The molecule has 0 heterocycles. The van der Waals surface area contributed by atoms with Crippen LogP contribution in [0.5, 0.6) is 0 Å². The van der Waals surface area contributed by atoms with Gasteiger partial charge in [-0.1, -0.05) is 0 Å². The fourth-order valence-electron chi connectivity index (χ4n) is 4.93. The Balaban J connectivity index is 1.76. The molecule has 0 aliphatic heterocycles. The number of aliphatic hydroxyl groups is 1. The van der Waals surface area contributed by atoms with Crippen molar-refractivity contribution < 1.29 is 14.6 Å². The number of ether oxygens (including phenoxy) is 1. The average molecular weight is 253 g/mol. The van der Waals surface area contributed by atoms with E-state index >= 15 is 0 Å². The lowest BCUT2D eigenvalue weighted by molar-refractivity contribution is -0.153. The van der Waals surface area contributed by atoms with Crippen molar-refractivity contribution in [1.29, 1.82) is 0 Å². The second-order valence-corrected chi connectivity index (χ2v) is 6.49. The third-order valence-corrected chi connectivity index (χ3v) is 5.19. The lowest BCUT2D eigenvalue weighted by atomic mass is 9.52. The fraction of sp³-hybridized carbons (Fsp3) is 0.929. The smallest absolute Gasteiger partial charge is 0.409 e. The quantitative estimate of drug-likeness (QED) is 0.819. The van der Waals surface area contributed by atoms with Gasteiger partial charge in [0.05, 0.1) is 12.2 Å². The summed E-state index contributed by atoms with van der Waals surface area (Å²) in [4.78, 5) is 13.7. The first-order valence-electron chi connectivity index (χ1n) is 7.14. The summed E-state index contributed by atoms with van der Waals surface area (Å²) in [5, 5.41) is 10.5. The molecule has 102 valence electrons. The molecule has 4 saturated carbocycles. The van der Waals surface area contributed by atoms with E-state index in [4.69, 9.17) is 4.74 Å². The monoisotopic (exact) mass is 253 g/mol. The minimum Gasteiger partial charge on any atom is -0.450 e. The highest BCUT2D eigenvalue weighted by molar-refractivity contribution is 5.67. The standard InChI is InChI=1S/C14H23NO3/c1-3-18-13(16)15(2)12-10-4-9-5-11(12)8-14(17,6-9)7-10/h9-12,17H,3-8H2,1-2H3. The minimum absolute atomic E-state index is 0.207. The molecule has 4 bridgehead atoms. The topological polar surface area (TPSA) is 49.8 Å². The molecule has 2 unspecified atom stereocenters. The highest BCUT2D eigenvalue weighted by atomic mass is 16.6. The molecule has 0 saturated heterocycles. The largest absolute Gasteiger partial charge is 0.450 e. The summed E-state index contributed by atoms with van der Waals surface area (Å²) in [6, 6.07) is 0.279. The number of rotatable bonds is 2. The van der Waals surface area contributed by atoms with E-state index in [0.717, 1.165) is 19.3 Å². The van der Waals surface area contributed by atoms with Crippen LogP contribution in [0.3, 0.4) is 0 Å². The summed E-state index contributed by atoms with van der Waals surface area (Å²) in [5.74, 6) is 1.62. The van der Waals surface area contributed by atoms with Gasteiger partial charge in [0.1, 0.15) is 0 Å². The second-order valence-electron chi connectivity index (χ2n) is 6.49. The zero-order chi connectivity index (χ0) is 12.9. The van der Waals surface area contributed by atoms with Gasteiger partial charge in [0.25, 0.3) is 0 Å². The Kier molecular flexibility index (Phi) is 2.81. The molecule has 4 aliphatic carbocycles. The van der Waals surface area contributed by atoms with Crippen LogP contribution in [0.1, 0.15) is 39.0 Å². The first kappa shape index (κ1) is 12.3. The van der Waals surface area contributed by atoms with Gasteiger partial charge in [-0.2, -0.15) is 0 Å². The Morgan fingerprint density at radius 1 is 1.33 bits per heavy atom. The number of carbonyl (C=O) groups excluding carboxylic acids is 1. The van der Waals surface area contributed by atoms with E-state index in [1.807, 2.05) is 14.0 Å². The Bertz CT molecular complexity index is 341. The molecule has 0 aromatic heterocycles. The van der Waals surface area contributed by atoms with Gasteiger partial charge in [0.15, 0.2) is 0 Å². The summed E-state index contributed by atoms with van der Waals surface area (Å²) in [5.41, 5.74) is -0.428. The second kappa shape index (κ2) is 4.12. The molecule has 4 rings (SSSR count). The molecule has 18 heavy (non-hydrogen) atoms. The molecule has 0 spiro atoms. The number of nitrogens with zero attached hydrogens (tertiary/aromatic N) is 1. The van der Waals surface area contributed by atoms with Gasteiger partial charge in [-0.05, 0) is 56.8 Å². The van der Waals surface area contributed by atoms with E-state index in [1.54, 1.807) is 4.90 Å². The van der Waals surface area contributed by atoms with Crippen LogP contribution in [0.15, 0.2) is 0 Å². The van der Waals surface area contributed by atoms with E-state index in [2.05, 4.69) is 0 Å². The van der Waals surface area contributed by atoms with Crippen LogP contribution in [-0.4, -0.2) is 41.4 Å². The van der Waals surface area contributed by atoms with Crippen LogP contribution in [-0.2, 0) is 4.74 Å². The molecule has 0 aromatic rings. The molecule has 4 fully saturated rings. The molecule has 4 heteroatoms. The average Bonchev–Trinajstić information content (AvgIpc) is 2.26. The predicted molar refractivity (Wildman–Crippen MR) is 67.1 cm³/mol. The summed E-state index contributed by atoms with van der Waals surface area (Å²) in [6.45, 7) is 2.27. The maximum absolute atomic E-state index is 11.9. The van der Waals surface area contributed by atoms with Gasteiger partial charge in [0, 0.05) is 13.1 Å². The first-order chi connectivity index (χ1) is 8.52. The van der Waals surface area contributed by atoms with E-state index in [1.165, 1.54) is 12.8 Å². The summed E-state index contributed by atoms with van der Waals surface area (Å²) in [7, 11) is 1.86. The molecule has 1 amide bonds. The Morgan fingerprint density at radius 2 is 1.94 bits per heavy atom. The molecule has 0 aromatic carbocycles. The SMILES string of the molecule is CCOC(=O)N(C)C1C2CC3CC1CC(O)(C3)C2. The Labute approximate surface area is 108 Å². The maximum atomic E-state index is 11.9. The van der Waals surface area contributed by atoms with Crippen LogP contribution in [0.2, 0.25) is 0 Å². The van der Waals surface area contributed by atoms with Crippen molar-refractivity contribution in [3.05, 3.63) is 0 Å². The zero-order valence-corrected chi connectivity index (χ0v) is 11.3. The summed E-state index contributed by atoms with van der Waals surface area (Å²) in [6.07, 6.45) is 4.86. The summed E-state index contributed by atoms with van der Waals surface area (Å²) < 4.78 is 5.11. The third kappa shape index (κ3) is 1.81. The van der Waals surface area contributed by atoms with E-state index < -0.39 is 5.60 Å². The van der Waals surface area contributed by atoms with Gasteiger partial charge in [-0.25, -0.2) is 4.79 Å². The van der Waals surface area contributed by atoms with Gasteiger partial charge >= 0.3 is 6.09 Å². The normalized spacial score (nSPS) is 45.1. The molecular weight excluding hydrogens is 230 g/mol. The van der Waals surface area contributed by atoms with Crippen molar-refractivity contribution >= 4 is 6.09 Å². The highest BCUT2D eigenvalue weighted by Crippen LogP contribution is 2.56. The van der Waals surface area contributed by atoms with Crippen LogP contribution in [0.25, 0.3) is 0 Å². The van der Waals surface area contributed by atoms with Crippen molar-refractivity contribution in [2.45, 2.75) is 50.7 Å². The lowest BCUT2D eigenvalue weighted by Crippen LogP contribution is -2.61. The lowest BCUT2D eigenvalue weighted by Gasteiger charge is -2.59. The van der Waals surface area contributed by atoms with Gasteiger partial charge < -0.3 is 14.7 Å². The molecule has 4 aliphatic rings. The number of hydrogen-bond acceptors (Lipinski definition) is 3. The Morgan fingerprint density at radius 3 is 2.44 bits per heavy atom. The highest BCUT2D eigenvalue weighted by Gasteiger charge is 2.56. The zero-order valence-electron chi connectivity index (χ0n) is 11.3. The third-order valence-electron chi connectivity index (χ3n) is 5.19. The van der Waals surface area contributed by atoms with Crippen molar-refractivity contribution in [2.75, 3.05) is 13.7 Å². The number of carbonyl (C=O) groups is 1. The van der Waals surface area contributed by atoms with Crippen LogP contribution in [0, 0.1) is 17.8 Å². The van der Waals surface area contributed by atoms with Crippen LogP contribution >= 0.6 is 0 Å². The van der Waals surface area contributed by atoms with Crippen molar-refractivity contribution in [2.24, 2.45) is 17.8 Å².